The molecule has 1 aromatic heterocycles. The molecular formula is C16H21ClN2. The number of nitrogens with zero attached hydrogens (tertiary/aromatic N) is 2. The van der Waals surface area contributed by atoms with Crippen molar-refractivity contribution in [3.63, 3.8) is 0 Å². The molecule has 1 aliphatic rings. The van der Waals surface area contributed by atoms with Gasteiger partial charge in [0.1, 0.15) is 0 Å². The number of rotatable bonds is 3. The molecule has 0 amide bonds. The fourth-order valence-electron chi connectivity index (χ4n) is 3.13. The molecule has 0 atom stereocenters. The average Bonchev–Trinajstić information content (AvgIpc) is 2.69. The molecule has 102 valence electrons. The summed E-state index contributed by atoms with van der Waals surface area (Å²) in [7, 11) is 2.20. The minimum atomic E-state index is 0.844. The van der Waals surface area contributed by atoms with Crippen molar-refractivity contribution in [2.75, 3.05) is 13.6 Å². The molecule has 0 bridgehead atoms. The summed E-state index contributed by atoms with van der Waals surface area (Å²) < 4.78 is 2.53. The minimum absolute atomic E-state index is 0.844. The van der Waals surface area contributed by atoms with Crippen LogP contribution in [0.4, 0.5) is 0 Å². The highest BCUT2D eigenvalue weighted by Crippen LogP contribution is 2.32. The van der Waals surface area contributed by atoms with Crippen LogP contribution in [-0.4, -0.2) is 23.1 Å². The summed E-state index contributed by atoms with van der Waals surface area (Å²) in [5.74, 6) is 0. The van der Waals surface area contributed by atoms with Crippen LogP contribution >= 0.6 is 11.6 Å². The Kier molecular flexibility index (Phi) is 3.55. The molecule has 0 spiro atoms. The van der Waals surface area contributed by atoms with Crippen LogP contribution in [0, 0.1) is 0 Å². The first-order valence-corrected chi connectivity index (χ1v) is 7.56. The van der Waals surface area contributed by atoms with E-state index in [1.165, 1.54) is 35.0 Å². The number of fused-ring (bicyclic) bond motifs is 3. The lowest BCUT2D eigenvalue weighted by molar-refractivity contribution is 0.309. The molecule has 0 fully saturated rings. The number of benzene rings is 1. The van der Waals surface area contributed by atoms with Crippen LogP contribution in [0.25, 0.3) is 10.9 Å². The van der Waals surface area contributed by atoms with Crippen LogP contribution in [0.3, 0.4) is 0 Å². The van der Waals surface area contributed by atoms with Gasteiger partial charge in [-0.1, -0.05) is 24.9 Å². The summed E-state index contributed by atoms with van der Waals surface area (Å²) in [6, 6.07) is 6.34. The molecule has 2 heterocycles. The second-order valence-electron chi connectivity index (χ2n) is 5.58. The van der Waals surface area contributed by atoms with Gasteiger partial charge in [0.05, 0.1) is 0 Å². The molecule has 1 aromatic carbocycles. The fourth-order valence-corrected chi connectivity index (χ4v) is 3.30. The molecule has 3 heteroatoms. The highest BCUT2D eigenvalue weighted by molar-refractivity contribution is 6.31. The quantitative estimate of drug-likeness (QED) is 0.820. The van der Waals surface area contributed by atoms with Crippen LogP contribution in [0.1, 0.15) is 31.0 Å². The number of unbranched alkanes of at least 4 members (excludes halogenated alkanes) is 1. The molecule has 3 rings (SSSR count). The van der Waals surface area contributed by atoms with Gasteiger partial charge in [-0.05, 0) is 37.2 Å². The van der Waals surface area contributed by atoms with Crippen LogP contribution in [0.5, 0.6) is 0 Å². The smallest absolute Gasteiger partial charge is 0.0486 e. The first-order chi connectivity index (χ1) is 9.20. The van der Waals surface area contributed by atoms with Crippen molar-refractivity contribution in [2.45, 2.75) is 39.3 Å². The van der Waals surface area contributed by atoms with Crippen LogP contribution in [-0.2, 0) is 19.5 Å². The number of halogens is 1. The molecule has 0 radical (unpaired) electrons. The van der Waals surface area contributed by atoms with E-state index >= 15 is 0 Å². The summed E-state index contributed by atoms with van der Waals surface area (Å²) >= 11 is 6.19. The van der Waals surface area contributed by atoms with E-state index in [2.05, 4.69) is 35.6 Å². The van der Waals surface area contributed by atoms with Gasteiger partial charge in [-0.25, -0.2) is 0 Å². The van der Waals surface area contributed by atoms with Gasteiger partial charge in [0.25, 0.3) is 0 Å². The summed E-state index contributed by atoms with van der Waals surface area (Å²) in [6.07, 6.45) is 3.64. The maximum absolute atomic E-state index is 6.19. The van der Waals surface area contributed by atoms with E-state index in [0.29, 0.717) is 0 Å². The zero-order valence-electron chi connectivity index (χ0n) is 11.7. The van der Waals surface area contributed by atoms with Gasteiger partial charge in [0, 0.05) is 47.7 Å². The predicted molar refractivity (Wildman–Crippen MR) is 81.9 cm³/mol. The maximum Gasteiger partial charge on any atom is 0.0486 e. The molecule has 0 unspecified atom stereocenters. The first kappa shape index (κ1) is 13.0. The monoisotopic (exact) mass is 276 g/mol. The summed E-state index contributed by atoms with van der Waals surface area (Å²) in [5, 5.41) is 2.20. The maximum atomic E-state index is 6.19. The molecule has 2 nitrogen and oxygen atoms in total. The summed E-state index contributed by atoms with van der Waals surface area (Å²) in [5.41, 5.74) is 4.38. The lowest BCUT2D eigenvalue weighted by atomic mass is 10.1. The van der Waals surface area contributed by atoms with Crippen LogP contribution in [0.2, 0.25) is 5.02 Å². The van der Waals surface area contributed by atoms with E-state index in [9.17, 15) is 0 Å². The SMILES string of the molecule is CCCCn1c2c(c3cc(Cl)ccc31)CN(C)CC2. The summed E-state index contributed by atoms with van der Waals surface area (Å²) in [6.45, 7) is 5.59. The number of likely N-dealkylation sites (N-methyl/N-ethyl adjacent to an activating group) is 1. The predicted octanol–water partition coefficient (Wildman–Crippen LogP) is 4.08. The highest BCUT2D eigenvalue weighted by atomic mass is 35.5. The molecule has 1 aliphatic heterocycles. The second kappa shape index (κ2) is 5.18. The Morgan fingerprint density at radius 3 is 2.95 bits per heavy atom. The van der Waals surface area contributed by atoms with Crippen LogP contribution in [0.15, 0.2) is 18.2 Å². The standard InChI is InChI=1S/C16H21ClN2/c1-3-4-8-19-15-6-5-12(17)10-13(15)14-11-18(2)9-7-16(14)19/h5-6,10H,3-4,7-9,11H2,1-2H3. The van der Waals surface area contributed by atoms with E-state index in [4.69, 9.17) is 11.6 Å². The molecule has 0 N–H and O–H groups in total. The van der Waals surface area contributed by atoms with Crippen molar-refractivity contribution in [1.82, 2.24) is 9.47 Å². The summed E-state index contributed by atoms with van der Waals surface area (Å²) in [4.78, 5) is 2.40. The third kappa shape index (κ3) is 2.28. The van der Waals surface area contributed by atoms with Gasteiger partial charge in [-0.3, -0.25) is 0 Å². The Balaban J connectivity index is 2.18. The third-order valence-electron chi connectivity index (χ3n) is 4.14. The molecule has 2 aromatic rings. The van der Waals surface area contributed by atoms with E-state index < -0.39 is 0 Å². The highest BCUT2D eigenvalue weighted by Gasteiger charge is 2.22. The van der Waals surface area contributed by atoms with Gasteiger partial charge in [0.2, 0.25) is 0 Å². The van der Waals surface area contributed by atoms with Crippen molar-refractivity contribution in [1.29, 1.82) is 0 Å². The largest absolute Gasteiger partial charge is 0.344 e. The Bertz CT molecular complexity index is 600. The number of aromatic nitrogens is 1. The lowest BCUT2D eigenvalue weighted by Gasteiger charge is -2.24. The lowest BCUT2D eigenvalue weighted by Crippen LogP contribution is -2.27. The number of hydrogen-bond donors (Lipinski definition) is 0. The Labute approximate surface area is 120 Å². The number of aryl methyl sites for hydroxylation is 1. The Morgan fingerprint density at radius 1 is 1.32 bits per heavy atom. The van der Waals surface area contributed by atoms with E-state index in [-0.39, 0.29) is 0 Å². The average molecular weight is 277 g/mol. The first-order valence-electron chi connectivity index (χ1n) is 7.18. The zero-order valence-corrected chi connectivity index (χ0v) is 12.5. The van der Waals surface area contributed by atoms with Gasteiger partial charge >= 0.3 is 0 Å². The van der Waals surface area contributed by atoms with Crippen molar-refractivity contribution in [3.8, 4) is 0 Å². The van der Waals surface area contributed by atoms with Crippen molar-refractivity contribution in [3.05, 3.63) is 34.5 Å². The zero-order chi connectivity index (χ0) is 13.4. The van der Waals surface area contributed by atoms with Gasteiger partial charge in [-0.2, -0.15) is 0 Å². The van der Waals surface area contributed by atoms with Crippen molar-refractivity contribution < 1.29 is 0 Å². The molecule has 19 heavy (non-hydrogen) atoms. The topological polar surface area (TPSA) is 8.17 Å². The van der Waals surface area contributed by atoms with Gasteiger partial charge in [0.15, 0.2) is 0 Å². The fraction of sp³-hybridized carbons (Fsp3) is 0.500. The van der Waals surface area contributed by atoms with Crippen molar-refractivity contribution >= 4 is 22.5 Å². The van der Waals surface area contributed by atoms with E-state index in [1.807, 2.05) is 6.07 Å². The second-order valence-corrected chi connectivity index (χ2v) is 6.02. The van der Waals surface area contributed by atoms with E-state index in [1.54, 1.807) is 0 Å². The van der Waals surface area contributed by atoms with Crippen LogP contribution < -0.4 is 0 Å². The molecular weight excluding hydrogens is 256 g/mol. The Hall–Kier alpha value is -0.990. The minimum Gasteiger partial charge on any atom is -0.344 e. The normalized spacial score (nSPS) is 15.9. The molecule has 0 saturated carbocycles. The van der Waals surface area contributed by atoms with Crippen molar-refractivity contribution in [2.24, 2.45) is 0 Å². The third-order valence-corrected chi connectivity index (χ3v) is 4.38. The molecule has 0 saturated heterocycles. The number of hydrogen-bond acceptors (Lipinski definition) is 1. The Morgan fingerprint density at radius 2 is 2.16 bits per heavy atom. The van der Waals surface area contributed by atoms with Gasteiger partial charge < -0.3 is 9.47 Å². The van der Waals surface area contributed by atoms with E-state index in [0.717, 1.165) is 31.1 Å². The van der Waals surface area contributed by atoms with Gasteiger partial charge in [-0.15, -0.1) is 0 Å². The molecule has 0 aliphatic carbocycles.